The third kappa shape index (κ3) is 3.99. The van der Waals surface area contributed by atoms with Crippen LogP contribution in [0.1, 0.15) is 11.3 Å². The zero-order valence-electron chi connectivity index (χ0n) is 13.0. The highest BCUT2D eigenvalue weighted by Gasteiger charge is 2.12. The first-order chi connectivity index (χ1) is 11.6. The van der Waals surface area contributed by atoms with Crippen LogP contribution in [-0.4, -0.2) is 23.0 Å². The molecule has 2 amide bonds. The molecule has 0 aliphatic heterocycles. The lowest BCUT2D eigenvalue weighted by Gasteiger charge is -2.17. The second kappa shape index (κ2) is 7.27. The number of amides is 2. The quantitative estimate of drug-likeness (QED) is 0.763. The first kappa shape index (κ1) is 16.2. The average Bonchev–Trinajstić information content (AvgIpc) is 3.23. The standard InChI is InChI=1S/C17H16FN3O2S/c1-21(10-12-4-2-5-13(18)8-12)17(22)19-9-14-11-23-16(20-14)15-6-3-7-24-15/h2-8,11H,9-10H2,1H3,(H,19,22). The molecule has 0 fully saturated rings. The van der Waals surface area contributed by atoms with E-state index in [-0.39, 0.29) is 18.4 Å². The van der Waals surface area contributed by atoms with E-state index in [9.17, 15) is 9.18 Å². The molecular formula is C17H16FN3O2S. The number of hydrogen-bond donors (Lipinski definition) is 1. The molecule has 0 bridgehead atoms. The maximum Gasteiger partial charge on any atom is 0.317 e. The number of urea groups is 1. The SMILES string of the molecule is CN(Cc1cccc(F)c1)C(=O)NCc1coc(-c2cccs2)n1. The van der Waals surface area contributed by atoms with E-state index in [2.05, 4.69) is 10.3 Å². The maximum absolute atomic E-state index is 13.2. The summed E-state index contributed by atoms with van der Waals surface area (Å²) in [5.74, 6) is 0.229. The van der Waals surface area contributed by atoms with Crippen molar-refractivity contribution in [1.82, 2.24) is 15.2 Å². The number of aromatic nitrogens is 1. The van der Waals surface area contributed by atoms with Gasteiger partial charge in [0.1, 0.15) is 12.1 Å². The molecule has 3 aromatic rings. The predicted octanol–water partition coefficient (Wildman–Crippen LogP) is 3.88. The summed E-state index contributed by atoms with van der Waals surface area (Å²) < 4.78 is 18.6. The highest BCUT2D eigenvalue weighted by molar-refractivity contribution is 7.13. The van der Waals surface area contributed by atoms with Crippen molar-refractivity contribution in [2.75, 3.05) is 7.05 Å². The van der Waals surface area contributed by atoms with E-state index in [1.807, 2.05) is 17.5 Å². The highest BCUT2D eigenvalue weighted by atomic mass is 32.1. The number of nitrogens with one attached hydrogen (secondary N) is 1. The lowest BCUT2D eigenvalue weighted by atomic mass is 10.2. The molecule has 0 saturated carbocycles. The molecule has 0 aliphatic carbocycles. The maximum atomic E-state index is 13.2. The Morgan fingerprint density at radius 1 is 1.38 bits per heavy atom. The van der Waals surface area contributed by atoms with Gasteiger partial charge >= 0.3 is 6.03 Å². The molecule has 0 atom stereocenters. The fourth-order valence-corrected chi connectivity index (χ4v) is 2.84. The lowest BCUT2D eigenvalue weighted by molar-refractivity contribution is 0.206. The smallest absolute Gasteiger partial charge is 0.317 e. The van der Waals surface area contributed by atoms with Crippen LogP contribution in [0.2, 0.25) is 0 Å². The molecule has 0 unspecified atom stereocenters. The monoisotopic (exact) mass is 345 g/mol. The zero-order chi connectivity index (χ0) is 16.9. The average molecular weight is 345 g/mol. The minimum atomic E-state index is -0.315. The Hall–Kier alpha value is -2.67. The Balaban J connectivity index is 1.53. The molecule has 124 valence electrons. The van der Waals surface area contributed by atoms with Crippen LogP contribution >= 0.6 is 11.3 Å². The summed E-state index contributed by atoms with van der Waals surface area (Å²) >= 11 is 1.54. The second-order valence-corrected chi connectivity index (χ2v) is 6.21. The molecule has 24 heavy (non-hydrogen) atoms. The topological polar surface area (TPSA) is 58.4 Å². The van der Waals surface area contributed by atoms with Gasteiger partial charge in [0.15, 0.2) is 0 Å². The van der Waals surface area contributed by atoms with Crippen LogP contribution in [-0.2, 0) is 13.1 Å². The summed E-state index contributed by atoms with van der Waals surface area (Å²) in [4.78, 5) is 18.9. The first-order valence-electron chi connectivity index (χ1n) is 7.33. The van der Waals surface area contributed by atoms with Gasteiger partial charge < -0.3 is 14.6 Å². The molecule has 2 aromatic heterocycles. The van der Waals surface area contributed by atoms with Crippen molar-refractivity contribution in [2.24, 2.45) is 0 Å². The molecule has 1 N–H and O–H groups in total. The van der Waals surface area contributed by atoms with Crippen molar-refractivity contribution < 1.29 is 13.6 Å². The van der Waals surface area contributed by atoms with Gasteiger partial charge in [-0.1, -0.05) is 18.2 Å². The number of nitrogens with zero attached hydrogens (tertiary/aromatic N) is 2. The number of carbonyl (C=O) groups is 1. The lowest BCUT2D eigenvalue weighted by Crippen LogP contribution is -2.36. The van der Waals surface area contributed by atoms with Gasteiger partial charge in [-0.3, -0.25) is 0 Å². The predicted molar refractivity (Wildman–Crippen MR) is 89.9 cm³/mol. The Morgan fingerprint density at radius 3 is 3.00 bits per heavy atom. The van der Waals surface area contributed by atoms with Gasteiger partial charge in [-0.2, -0.15) is 0 Å². The van der Waals surface area contributed by atoms with E-state index in [4.69, 9.17) is 4.42 Å². The molecule has 0 radical (unpaired) electrons. The van der Waals surface area contributed by atoms with Crippen molar-refractivity contribution in [2.45, 2.75) is 13.1 Å². The third-order valence-corrected chi connectivity index (χ3v) is 4.22. The number of thiophene rings is 1. The fraction of sp³-hybridized carbons (Fsp3) is 0.176. The van der Waals surface area contributed by atoms with Gasteiger partial charge in [-0.05, 0) is 29.1 Å². The number of benzene rings is 1. The molecule has 2 heterocycles. The van der Waals surface area contributed by atoms with Gasteiger partial charge in [-0.15, -0.1) is 11.3 Å². The van der Waals surface area contributed by atoms with Crippen molar-refractivity contribution >= 4 is 17.4 Å². The Morgan fingerprint density at radius 2 is 2.25 bits per heavy atom. The minimum Gasteiger partial charge on any atom is -0.443 e. The van der Waals surface area contributed by atoms with Crippen LogP contribution < -0.4 is 5.32 Å². The van der Waals surface area contributed by atoms with Crippen LogP contribution in [0.3, 0.4) is 0 Å². The molecule has 0 spiro atoms. The number of halogens is 1. The van der Waals surface area contributed by atoms with E-state index >= 15 is 0 Å². The van der Waals surface area contributed by atoms with Crippen LogP contribution in [0.5, 0.6) is 0 Å². The fourth-order valence-electron chi connectivity index (χ4n) is 2.18. The Labute approximate surface area is 142 Å². The van der Waals surface area contributed by atoms with E-state index in [1.165, 1.54) is 34.6 Å². The second-order valence-electron chi connectivity index (χ2n) is 5.27. The highest BCUT2D eigenvalue weighted by Crippen LogP contribution is 2.23. The van der Waals surface area contributed by atoms with Crippen LogP contribution in [0.15, 0.2) is 52.5 Å². The van der Waals surface area contributed by atoms with Gasteiger partial charge in [0, 0.05) is 13.6 Å². The normalized spacial score (nSPS) is 10.6. The van der Waals surface area contributed by atoms with Crippen molar-refractivity contribution in [1.29, 1.82) is 0 Å². The molecule has 3 rings (SSSR count). The summed E-state index contributed by atoms with van der Waals surface area (Å²) in [6, 6.07) is 9.77. The first-order valence-corrected chi connectivity index (χ1v) is 8.21. The van der Waals surface area contributed by atoms with Crippen LogP contribution in [0, 0.1) is 5.82 Å². The van der Waals surface area contributed by atoms with E-state index in [1.54, 1.807) is 19.2 Å². The molecule has 5 nitrogen and oxygen atoms in total. The number of carbonyl (C=O) groups excluding carboxylic acids is 1. The molecule has 7 heteroatoms. The zero-order valence-corrected chi connectivity index (χ0v) is 13.8. The van der Waals surface area contributed by atoms with E-state index < -0.39 is 0 Å². The minimum absolute atomic E-state index is 0.264. The van der Waals surface area contributed by atoms with Gasteiger partial charge in [0.2, 0.25) is 5.89 Å². The van der Waals surface area contributed by atoms with Crippen LogP contribution in [0.4, 0.5) is 9.18 Å². The van der Waals surface area contributed by atoms with Crippen LogP contribution in [0.25, 0.3) is 10.8 Å². The number of hydrogen-bond acceptors (Lipinski definition) is 4. The van der Waals surface area contributed by atoms with Gasteiger partial charge in [0.05, 0.1) is 17.1 Å². The number of rotatable bonds is 5. The summed E-state index contributed by atoms with van der Waals surface area (Å²) in [5.41, 5.74) is 1.37. The Kier molecular flexibility index (Phi) is 4.90. The van der Waals surface area contributed by atoms with E-state index in [0.29, 0.717) is 18.1 Å². The molecule has 0 aliphatic rings. The molecule has 0 saturated heterocycles. The Bertz CT molecular complexity index is 817. The number of oxazole rings is 1. The van der Waals surface area contributed by atoms with Crippen molar-refractivity contribution in [3.63, 3.8) is 0 Å². The third-order valence-electron chi connectivity index (χ3n) is 3.36. The van der Waals surface area contributed by atoms with Gasteiger partial charge in [-0.25, -0.2) is 14.2 Å². The summed E-state index contributed by atoms with van der Waals surface area (Å²) in [5, 5.41) is 4.71. The molecule has 1 aromatic carbocycles. The summed E-state index contributed by atoms with van der Waals surface area (Å²) in [6.45, 7) is 0.587. The summed E-state index contributed by atoms with van der Waals surface area (Å²) in [7, 11) is 1.65. The summed E-state index contributed by atoms with van der Waals surface area (Å²) in [6.07, 6.45) is 1.53. The van der Waals surface area contributed by atoms with Crippen molar-refractivity contribution in [3.05, 3.63) is 65.1 Å². The largest absolute Gasteiger partial charge is 0.443 e. The van der Waals surface area contributed by atoms with Crippen molar-refractivity contribution in [3.8, 4) is 10.8 Å². The molecular weight excluding hydrogens is 329 g/mol. The van der Waals surface area contributed by atoms with E-state index in [0.717, 1.165) is 10.4 Å². The van der Waals surface area contributed by atoms with Gasteiger partial charge in [0.25, 0.3) is 0 Å².